The van der Waals surface area contributed by atoms with Gasteiger partial charge in [-0.25, -0.2) is 14.2 Å². The molecule has 1 N–H and O–H groups in total. The number of aromatic nitrogens is 4. The average molecular weight is 310 g/mol. The number of benzene rings is 1. The minimum atomic E-state index is -0.994. The third-order valence-corrected chi connectivity index (χ3v) is 3.81. The zero-order valence-electron chi connectivity index (χ0n) is 12.1. The molecule has 0 unspecified atom stereocenters. The molecule has 0 aliphatic heterocycles. The quantitative estimate of drug-likeness (QED) is 0.618. The lowest BCUT2D eigenvalue weighted by molar-refractivity contribution is 0.0697. The van der Waals surface area contributed by atoms with Gasteiger partial charge < -0.3 is 5.11 Å². The maximum atomic E-state index is 13.5. The summed E-state index contributed by atoms with van der Waals surface area (Å²) < 4.78 is 16.8. The number of hydrogen-bond donors (Lipinski definition) is 1. The summed E-state index contributed by atoms with van der Waals surface area (Å²) in [4.78, 5) is 15.4. The van der Waals surface area contributed by atoms with E-state index >= 15 is 0 Å². The summed E-state index contributed by atoms with van der Waals surface area (Å²) in [6.45, 7) is 0. The number of pyridine rings is 1. The number of aryl methyl sites for hydroxylation is 1. The topological polar surface area (TPSA) is 72.4 Å². The molecule has 0 saturated carbocycles. The van der Waals surface area contributed by atoms with E-state index in [1.165, 1.54) is 18.3 Å². The smallest absolute Gasteiger partial charge is 0.335 e. The van der Waals surface area contributed by atoms with Crippen LogP contribution in [0.2, 0.25) is 0 Å². The Morgan fingerprint density at radius 1 is 1.26 bits per heavy atom. The number of halogens is 1. The summed E-state index contributed by atoms with van der Waals surface area (Å²) in [5.74, 6) is -1.36. The number of carboxylic acid groups (broad SMARTS) is 1. The highest BCUT2D eigenvalue weighted by molar-refractivity contribution is 5.98. The molecule has 23 heavy (non-hydrogen) atoms. The van der Waals surface area contributed by atoms with E-state index in [0.717, 1.165) is 5.39 Å². The van der Waals surface area contributed by atoms with Gasteiger partial charge in [-0.3, -0.25) is 9.08 Å². The van der Waals surface area contributed by atoms with Crippen molar-refractivity contribution in [3.05, 3.63) is 54.1 Å². The van der Waals surface area contributed by atoms with Crippen LogP contribution in [0, 0.1) is 5.82 Å². The lowest BCUT2D eigenvalue weighted by Crippen LogP contribution is -1.96. The van der Waals surface area contributed by atoms with E-state index in [9.17, 15) is 9.18 Å². The lowest BCUT2D eigenvalue weighted by atomic mass is 10.1. The Hall–Kier alpha value is -3.22. The molecule has 6 nitrogen and oxygen atoms in total. The molecule has 0 radical (unpaired) electrons. The van der Waals surface area contributed by atoms with E-state index in [1.807, 2.05) is 0 Å². The Kier molecular flexibility index (Phi) is 2.71. The molecule has 0 fully saturated rings. The van der Waals surface area contributed by atoms with Crippen molar-refractivity contribution in [2.45, 2.75) is 0 Å². The van der Waals surface area contributed by atoms with Gasteiger partial charge in [0, 0.05) is 18.6 Å². The Morgan fingerprint density at radius 3 is 2.87 bits per heavy atom. The van der Waals surface area contributed by atoms with E-state index in [1.54, 1.807) is 40.5 Å². The molecular weight excluding hydrogens is 299 g/mol. The first-order valence-electron chi connectivity index (χ1n) is 6.87. The molecule has 4 rings (SSSR count). The zero-order valence-corrected chi connectivity index (χ0v) is 12.1. The van der Waals surface area contributed by atoms with Gasteiger partial charge >= 0.3 is 5.97 Å². The molecule has 0 atom stereocenters. The molecule has 3 heterocycles. The van der Waals surface area contributed by atoms with Crippen molar-refractivity contribution in [2.24, 2.45) is 7.05 Å². The monoisotopic (exact) mass is 310 g/mol. The number of imidazole rings is 1. The maximum absolute atomic E-state index is 13.5. The van der Waals surface area contributed by atoms with Crippen molar-refractivity contribution < 1.29 is 14.3 Å². The van der Waals surface area contributed by atoms with Crippen molar-refractivity contribution in [3.63, 3.8) is 0 Å². The van der Waals surface area contributed by atoms with Gasteiger partial charge in [-0.1, -0.05) is 0 Å². The van der Waals surface area contributed by atoms with Gasteiger partial charge in [-0.05, 0) is 30.3 Å². The van der Waals surface area contributed by atoms with Crippen molar-refractivity contribution in [1.82, 2.24) is 19.2 Å². The first kappa shape index (κ1) is 13.4. The highest BCUT2D eigenvalue weighted by Crippen LogP contribution is 2.29. The average Bonchev–Trinajstić information content (AvgIpc) is 3.08. The lowest BCUT2D eigenvalue weighted by Gasteiger charge is -2.00. The molecule has 1 aromatic carbocycles. The largest absolute Gasteiger partial charge is 0.478 e. The number of carboxylic acids is 1. The van der Waals surface area contributed by atoms with Crippen LogP contribution in [0.3, 0.4) is 0 Å². The molecule has 0 spiro atoms. The molecular formula is C16H11FN4O2. The van der Waals surface area contributed by atoms with Crippen LogP contribution in [0.25, 0.3) is 27.9 Å². The van der Waals surface area contributed by atoms with E-state index in [4.69, 9.17) is 5.11 Å². The minimum Gasteiger partial charge on any atom is -0.478 e. The number of carbonyl (C=O) groups is 1. The van der Waals surface area contributed by atoms with Crippen LogP contribution in [-0.4, -0.2) is 30.2 Å². The summed E-state index contributed by atoms with van der Waals surface area (Å²) in [5, 5.41) is 14.3. The fourth-order valence-electron chi connectivity index (χ4n) is 2.71. The van der Waals surface area contributed by atoms with Crippen LogP contribution < -0.4 is 0 Å². The predicted molar refractivity (Wildman–Crippen MR) is 81.8 cm³/mol. The Morgan fingerprint density at radius 2 is 2.09 bits per heavy atom. The fourth-order valence-corrected chi connectivity index (χ4v) is 2.71. The summed E-state index contributed by atoms with van der Waals surface area (Å²) >= 11 is 0. The van der Waals surface area contributed by atoms with E-state index in [0.29, 0.717) is 22.6 Å². The van der Waals surface area contributed by atoms with Crippen LogP contribution in [0.5, 0.6) is 0 Å². The van der Waals surface area contributed by atoms with Gasteiger partial charge in [0.05, 0.1) is 23.0 Å². The molecule has 7 heteroatoms. The number of fused-ring (bicyclic) bond motifs is 2. The van der Waals surface area contributed by atoms with Gasteiger partial charge in [0.25, 0.3) is 0 Å². The van der Waals surface area contributed by atoms with Crippen molar-refractivity contribution in [2.75, 3.05) is 0 Å². The molecule has 0 bridgehead atoms. The molecule has 114 valence electrons. The summed E-state index contributed by atoms with van der Waals surface area (Å²) in [6.07, 6.45) is 2.98. The number of rotatable bonds is 2. The predicted octanol–water partition coefficient (Wildman–Crippen LogP) is 2.73. The first-order chi connectivity index (χ1) is 11.0. The first-order valence-corrected chi connectivity index (χ1v) is 6.87. The zero-order chi connectivity index (χ0) is 16.1. The van der Waals surface area contributed by atoms with Crippen LogP contribution in [-0.2, 0) is 7.05 Å². The van der Waals surface area contributed by atoms with Crippen LogP contribution in [0.15, 0.2) is 42.7 Å². The molecule has 4 aromatic rings. The van der Waals surface area contributed by atoms with Crippen LogP contribution >= 0.6 is 0 Å². The Bertz CT molecular complexity index is 1080. The molecule has 0 saturated heterocycles. The number of hydrogen-bond acceptors (Lipinski definition) is 3. The summed E-state index contributed by atoms with van der Waals surface area (Å²) in [6, 6.07) is 7.74. The SMILES string of the molecule is Cn1nc(-c2cnc3ccc(F)cn23)c2ccc(C(=O)O)cc21. The fraction of sp³-hybridized carbons (Fsp3) is 0.0625. The molecule has 3 aromatic heterocycles. The maximum Gasteiger partial charge on any atom is 0.335 e. The van der Waals surface area contributed by atoms with E-state index < -0.39 is 5.97 Å². The van der Waals surface area contributed by atoms with Crippen LogP contribution in [0.1, 0.15) is 10.4 Å². The summed E-state index contributed by atoms with van der Waals surface area (Å²) in [5.41, 5.74) is 2.76. The van der Waals surface area contributed by atoms with Gasteiger partial charge in [0.1, 0.15) is 17.2 Å². The number of nitrogens with zero attached hydrogens (tertiary/aromatic N) is 4. The molecule has 0 aliphatic carbocycles. The third-order valence-electron chi connectivity index (χ3n) is 3.81. The summed E-state index contributed by atoms with van der Waals surface area (Å²) in [7, 11) is 1.74. The van der Waals surface area contributed by atoms with E-state index in [-0.39, 0.29) is 11.4 Å². The van der Waals surface area contributed by atoms with Crippen molar-refractivity contribution >= 4 is 22.5 Å². The Labute approximate surface area is 129 Å². The molecule has 0 amide bonds. The normalized spacial score (nSPS) is 11.4. The number of aromatic carboxylic acids is 1. The second-order valence-electron chi connectivity index (χ2n) is 5.23. The van der Waals surface area contributed by atoms with Gasteiger partial charge in [-0.15, -0.1) is 0 Å². The minimum absolute atomic E-state index is 0.191. The van der Waals surface area contributed by atoms with Crippen molar-refractivity contribution in [1.29, 1.82) is 0 Å². The standard InChI is InChI=1S/C16H11FN4O2/c1-20-12-6-9(16(22)23)2-4-11(12)15(19-20)13-7-18-14-5-3-10(17)8-21(13)14/h2-8H,1H3,(H,22,23). The van der Waals surface area contributed by atoms with Gasteiger partial charge in [0.2, 0.25) is 0 Å². The van der Waals surface area contributed by atoms with Crippen molar-refractivity contribution in [3.8, 4) is 11.4 Å². The Balaban J connectivity index is 2.01. The highest BCUT2D eigenvalue weighted by atomic mass is 19.1. The second kappa shape index (κ2) is 4.64. The van der Waals surface area contributed by atoms with Crippen LogP contribution in [0.4, 0.5) is 4.39 Å². The van der Waals surface area contributed by atoms with Gasteiger partial charge in [-0.2, -0.15) is 5.10 Å². The van der Waals surface area contributed by atoms with E-state index in [2.05, 4.69) is 10.1 Å². The molecule has 0 aliphatic rings. The van der Waals surface area contributed by atoms with Gasteiger partial charge in [0.15, 0.2) is 0 Å². The third kappa shape index (κ3) is 1.97. The highest BCUT2D eigenvalue weighted by Gasteiger charge is 2.16. The second-order valence-corrected chi connectivity index (χ2v) is 5.23.